The summed E-state index contributed by atoms with van der Waals surface area (Å²) in [5, 5.41) is 3.12. The van der Waals surface area contributed by atoms with E-state index in [1.165, 1.54) is 22.5 Å². The monoisotopic (exact) mass is 347 g/mol. The molecule has 1 atom stereocenters. The molecule has 0 radical (unpaired) electrons. The Morgan fingerprint density at radius 3 is 2.83 bits per heavy atom. The third-order valence-electron chi connectivity index (χ3n) is 4.52. The lowest BCUT2D eigenvalue weighted by Gasteiger charge is -2.26. The van der Waals surface area contributed by atoms with E-state index in [9.17, 15) is 13.2 Å². The zero-order valence-electron chi connectivity index (χ0n) is 12.5. The Labute approximate surface area is 139 Å². The van der Waals surface area contributed by atoms with E-state index in [4.69, 9.17) is 0 Å². The standard InChI is InChI=1S/C17H17NO3S2/c19-17(15-8-12-9-23(20,21)10-16(12)22-15)18-14-7-3-5-11-4-1-2-6-13(11)14/h1-2,4,6,8,14H,3,5,7,9-10H2,(H,18,19). The van der Waals surface area contributed by atoms with Crippen molar-refractivity contribution in [2.24, 2.45) is 0 Å². The summed E-state index contributed by atoms with van der Waals surface area (Å²) in [5.74, 6) is 0.0498. The molecule has 1 aliphatic heterocycles. The predicted octanol–water partition coefficient (Wildman–Crippen LogP) is 2.98. The number of hydrogen-bond acceptors (Lipinski definition) is 4. The minimum atomic E-state index is -2.99. The van der Waals surface area contributed by atoms with Crippen molar-refractivity contribution < 1.29 is 13.2 Å². The Morgan fingerprint density at radius 1 is 1.17 bits per heavy atom. The lowest BCUT2D eigenvalue weighted by Crippen LogP contribution is -2.30. The van der Waals surface area contributed by atoms with Gasteiger partial charge in [-0.25, -0.2) is 8.42 Å². The Kier molecular flexibility index (Phi) is 3.54. The fraction of sp³-hybridized carbons (Fsp3) is 0.353. The second kappa shape index (κ2) is 5.46. The van der Waals surface area contributed by atoms with Crippen LogP contribution in [-0.2, 0) is 27.8 Å². The van der Waals surface area contributed by atoms with E-state index in [0.717, 1.165) is 29.7 Å². The number of aryl methyl sites for hydroxylation is 1. The lowest BCUT2D eigenvalue weighted by molar-refractivity contribution is 0.0937. The van der Waals surface area contributed by atoms with E-state index in [0.29, 0.717) is 4.88 Å². The van der Waals surface area contributed by atoms with Gasteiger partial charge in [-0.2, -0.15) is 0 Å². The van der Waals surface area contributed by atoms with Gasteiger partial charge in [-0.15, -0.1) is 11.3 Å². The number of carbonyl (C=O) groups is 1. The molecule has 0 fully saturated rings. The molecule has 2 heterocycles. The molecule has 23 heavy (non-hydrogen) atoms. The van der Waals surface area contributed by atoms with Gasteiger partial charge in [-0.05, 0) is 42.0 Å². The van der Waals surface area contributed by atoms with Gasteiger partial charge in [0.15, 0.2) is 9.84 Å². The highest BCUT2D eigenvalue weighted by molar-refractivity contribution is 7.90. The Morgan fingerprint density at radius 2 is 2.00 bits per heavy atom. The van der Waals surface area contributed by atoms with Gasteiger partial charge in [0, 0.05) is 4.88 Å². The summed E-state index contributed by atoms with van der Waals surface area (Å²) < 4.78 is 23.2. The molecule has 0 spiro atoms. The third-order valence-corrected chi connectivity index (χ3v) is 7.36. The van der Waals surface area contributed by atoms with Crippen LogP contribution in [0.3, 0.4) is 0 Å². The highest BCUT2D eigenvalue weighted by Gasteiger charge is 2.29. The van der Waals surface area contributed by atoms with Crippen LogP contribution in [0.5, 0.6) is 0 Å². The SMILES string of the molecule is O=C(NC1CCCc2ccccc21)c1cc2c(s1)CS(=O)(=O)C2. The quantitative estimate of drug-likeness (QED) is 0.908. The first kappa shape index (κ1) is 14.9. The van der Waals surface area contributed by atoms with Crippen LogP contribution >= 0.6 is 11.3 Å². The molecule has 1 aliphatic carbocycles. The summed E-state index contributed by atoms with van der Waals surface area (Å²) in [7, 11) is -2.99. The number of nitrogens with one attached hydrogen (secondary N) is 1. The Bertz CT molecular complexity index is 853. The maximum Gasteiger partial charge on any atom is 0.261 e. The van der Waals surface area contributed by atoms with Crippen molar-refractivity contribution in [2.45, 2.75) is 36.8 Å². The zero-order chi connectivity index (χ0) is 16.0. The summed E-state index contributed by atoms with van der Waals surface area (Å²) in [6, 6.07) is 10.0. The number of amides is 1. The molecule has 0 bridgehead atoms. The van der Waals surface area contributed by atoms with Gasteiger partial charge in [0.25, 0.3) is 5.91 Å². The number of benzene rings is 1. The van der Waals surface area contributed by atoms with Crippen molar-refractivity contribution in [3.8, 4) is 0 Å². The fourth-order valence-corrected chi connectivity index (χ4v) is 6.61. The van der Waals surface area contributed by atoms with E-state index < -0.39 is 9.84 Å². The number of rotatable bonds is 2. The van der Waals surface area contributed by atoms with Crippen LogP contribution in [0.4, 0.5) is 0 Å². The van der Waals surface area contributed by atoms with Gasteiger partial charge < -0.3 is 5.32 Å². The molecule has 1 unspecified atom stereocenters. The lowest BCUT2D eigenvalue weighted by atomic mass is 9.88. The molecule has 1 aromatic heterocycles. The summed E-state index contributed by atoms with van der Waals surface area (Å²) in [5.41, 5.74) is 3.31. The maximum atomic E-state index is 12.5. The second-order valence-corrected chi connectivity index (χ2v) is 9.41. The largest absolute Gasteiger partial charge is 0.345 e. The number of fused-ring (bicyclic) bond motifs is 2. The van der Waals surface area contributed by atoms with Gasteiger partial charge in [0.1, 0.15) is 0 Å². The topological polar surface area (TPSA) is 63.2 Å². The molecule has 1 amide bonds. The third kappa shape index (κ3) is 2.81. The number of thiophene rings is 1. The van der Waals surface area contributed by atoms with Crippen LogP contribution in [0.15, 0.2) is 30.3 Å². The molecular formula is C17H17NO3S2. The van der Waals surface area contributed by atoms with Gasteiger partial charge in [-0.3, -0.25) is 4.79 Å². The van der Waals surface area contributed by atoms with Crippen LogP contribution in [-0.4, -0.2) is 14.3 Å². The van der Waals surface area contributed by atoms with Crippen molar-refractivity contribution in [3.05, 3.63) is 56.8 Å². The zero-order valence-corrected chi connectivity index (χ0v) is 14.2. The van der Waals surface area contributed by atoms with E-state index in [1.807, 2.05) is 12.1 Å². The van der Waals surface area contributed by atoms with Gasteiger partial charge in [0.2, 0.25) is 0 Å². The average molecular weight is 347 g/mol. The smallest absolute Gasteiger partial charge is 0.261 e. The van der Waals surface area contributed by atoms with E-state index >= 15 is 0 Å². The molecule has 0 saturated carbocycles. The van der Waals surface area contributed by atoms with Crippen molar-refractivity contribution in [1.29, 1.82) is 0 Å². The Balaban J connectivity index is 1.54. The first-order valence-corrected chi connectivity index (χ1v) is 10.4. The number of sulfone groups is 1. The van der Waals surface area contributed by atoms with Gasteiger partial charge in [0.05, 0.1) is 22.4 Å². The summed E-state index contributed by atoms with van der Waals surface area (Å²) in [6.45, 7) is 0. The molecule has 4 nitrogen and oxygen atoms in total. The summed E-state index contributed by atoms with van der Waals surface area (Å²) >= 11 is 1.31. The molecule has 4 rings (SSSR count). The maximum absolute atomic E-state index is 12.5. The van der Waals surface area contributed by atoms with Crippen molar-refractivity contribution in [1.82, 2.24) is 5.32 Å². The van der Waals surface area contributed by atoms with Crippen LogP contribution in [0.2, 0.25) is 0 Å². The normalized spacial score (nSPS) is 21.5. The second-order valence-electron chi connectivity index (χ2n) is 6.21. The molecule has 1 aromatic carbocycles. The van der Waals surface area contributed by atoms with Gasteiger partial charge >= 0.3 is 0 Å². The first-order valence-electron chi connectivity index (χ1n) is 7.72. The molecule has 120 valence electrons. The van der Waals surface area contributed by atoms with Crippen LogP contribution in [0, 0.1) is 0 Å². The van der Waals surface area contributed by atoms with E-state index in [1.54, 1.807) is 6.07 Å². The van der Waals surface area contributed by atoms with Crippen LogP contribution < -0.4 is 5.32 Å². The molecule has 2 aromatic rings. The molecular weight excluding hydrogens is 330 g/mol. The van der Waals surface area contributed by atoms with Crippen LogP contribution in [0.25, 0.3) is 0 Å². The molecule has 2 aliphatic rings. The Hall–Kier alpha value is -1.66. The van der Waals surface area contributed by atoms with Crippen molar-refractivity contribution >= 4 is 27.1 Å². The molecule has 0 saturated heterocycles. The van der Waals surface area contributed by atoms with Gasteiger partial charge in [-0.1, -0.05) is 24.3 Å². The van der Waals surface area contributed by atoms with E-state index in [-0.39, 0.29) is 23.5 Å². The van der Waals surface area contributed by atoms with Crippen molar-refractivity contribution in [2.75, 3.05) is 0 Å². The number of hydrogen-bond donors (Lipinski definition) is 1. The van der Waals surface area contributed by atoms with Crippen molar-refractivity contribution in [3.63, 3.8) is 0 Å². The fourth-order valence-electron chi connectivity index (χ4n) is 3.44. The highest BCUT2D eigenvalue weighted by Crippen LogP contribution is 2.34. The summed E-state index contributed by atoms with van der Waals surface area (Å²) in [6.07, 6.45) is 3.08. The van der Waals surface area contributed by atoms with Crippen LogP contribution in [0.1, 0.15) is 50.1 Å². The predicted molar refractivity (Wildman–Crippen MR) is 90.2 cm³/mol. The van der Waals surface area contributed by atoms with E-state index in [2.05, 4.69) is 17.4 Å². The minimum absolute atomic E-state index is 0.0492. The summed E-state index contributed by atoms with van der Waals surface area (Å²) in [4.78, 5) is 14.0. The molecule has 6 heteroatoms. The first-order chi connectivity index (χ1) is 11.0. The molecule has 1 N–H and O–H groups in total. The minimum Gasteiger partial charge on any atom is -0.345 e. The average Bonchev–Trinajstić information content (AvgIpc) is 3.01. The highest BCUT2D eigenvalue weighted by atomic mass is 32.2. The number of carbonyl (C=O) groups excluding carboxylic acids is 1.